The van der Waals surface area contributed by atoms with Crippen LogP contribution in [-0.4, -0.2) is 21.3 Å². The Morgan fingerprint density at radius 1 is 1.37 bits per heavy atom. The van der Waals surface area contributed by atoms with E-state index in [4.69, 9.17) is 23.2 Å². The highest BCUT2D eigenvalue weighted by Gasteiger charge is 2.18. The second kappa shape index (κ2) is 6.37. The van der Waals surface area contributed by atoms with Crippen molar-refractivity contribution >= 4 is 23.2 Å². The molecular formula is C13H16Cl2N4. The van der Waals surface area contributed by atoms with Gasteiger partial charge < -0.3 is 5.32 Å². The van der Waals surface area contributed by atoms with Gasteiger partial charge in [0.2, 0.25) is 0 Å². The molecule has 4 nitrogen and oxygen atoms in total. The average molecular weight is 299 g/mol. The van der Waals surface area contributed by atoms with Crippen LogP contribution in [-0.2, 0) is 13.5 Å². The fraction of sp³-hybridized carbons (Fsp3) is 0.385. The van der Waals surface area contributed by atoms with Crippen molar-refractivity contribution in [2.45, 2.75) is 19.4 Å². The van der Waals surface area contributed by atoms with Crippen molar-refractivity contribution in [1.29, 1.82) is 0 Å². The van der Waals surface area contributed by atoms with Crippen molar-refractivity contribution in [1.82, 2.24) is 20.1 Å². The monoisotopic (exact) mass is 298 g/mol. The van der Waals surface area contributed by atoms with E-state index in [2.05, 4.69) is 22.3 Å². The third-order valence-electron chi connectivity index (χ3n) is 3.00. The number of aromatic nitrogens is 3. The molecule has 0 aliphatic heterocycles. The van der Waals surface area contributed by atoms with E-state index in [1.54, 1.807) is 17.1 Å². The average Bonchev–Trinajstić information content (AvgIpc) is 2.78. The van der Waals surface area contributed by atoms with Gasteiger partial charge >= 0.3 is 0 Å². The van der Waals surface area contributed by atoms with E-state index in [0.717, 1.165) is 17.9 Å². The Bertz CT molecular complexity index is 553. The summed E-state index contributed by atoms with van der Waals surface area (Å²) in [5.74, 6) is 0.905. The summed E-state index contributed by atoms with van der Waals surface area (Å²) in [6.45, 7) is 2.90. The number of halogens is 2. The van der Waals surface area contributed by atoms with Crippen LogP contribution in [0.15, 0.2) is 24.5 Å². The first-order valence-corrected chi connectivity index (χ1v) is 6.89. The summed E-state index contributed by atoms with van der Waals surface area (Å²) in [6.07, 6.45) is 2.27. The van der Waals surface area contributed by atoms with Gasteiger partial charge in [-0.25, -0.2) is 4.98 Å². The van der Waals surface area contributed by atoms with Gasteiger partial charge in [0.1, 0.15) is 12.2 Å². The lowest BCUT2D eigenvalue weighted by Gasteiger charge is -2.19. The van der Waals surface area contributed by atoms with Crippen LogP contribution in [0.1, 0.15) is 24.4 Å². The molecule has 1 unspecified atom stereocenters. The number of nitrogens with zero attached hydrogens (tertiary/aromatic N) is 3. The molecule has 0 aliphatic rings. The van der Waals surface area contributed by atoms with Gasteiger partial charge in [0.05, 0.1) is 10.0 Å². The van der Waals surface area contributed by atoms with Gasteiger partial charge in [-0.1, -0.05) is 42.3 Å². The van der Waals surface area contributed by atoms with Crippen molar-refractivity contribution in [3.63, 3.8) is 0 Å². The van der Waals surface area contributed by atoms with Crippen molar-refractivity contribution in [3.8, 4) is 0 Å². The molecule has 0 aliphatic carbocycles. The summed E-state index contributed by atoms with van der Waals surface area (Å²) < 4.78 is 1.77. The van der Waals surface area contributed by atoms with Gasteiger partial charge in [0.15, 0.2) is 0 Å². The molecule has 0 bridgehead atoms. The maximum Gasteiger partial charge on any atom is 0.138 e. The molecule has 1 atom stereocenters. The molecule has 2 rings (SSSR count). The summed E-state index contributed by atoms with van der Waals surface area (Å²) in [7, 11) is 1.88. The van der Waals surface area contributed by atoms with E-state index >= 15 is 0 Å². The highest BCUT2D eigenvalue weighted by Crippen LogP contribution is 2.31. The molecule has 19 heavy (non-hydrogen) atoms. The molecular weight excluding hydrogens is 283 g/mol. The Balaban J connectivity index is 2.29. The minimum atomic E-state index is 0.0686. The maximum atomic E-state index is 6.29. The van der Waals surface area contributed by atoms with E-state index in [1.165, 1.54) is 0 Å². The molecule has 0 amide bonds. The van der Waals surface area contributed by atoms with Gasteiger partial charge in [-0.3, -0.25) is 4.68 Å². The molecule has 1 heterocycles. The first-order valence-electron chi connectivity index (χ1n) is 6.13. The molecule has 0 fully saturated rings. The highest BCUT2D eigenvalue weighted by atomic mass is 35.5. The van der Waals surface area contributed by atoms with Gasteiger partial charge in [0, 0.05) is 19.5 Å². The number of likely N-dealkylation sites (N-methyl/N-ethyl adjacent to an activating group) is 1. The maximum absolute atomic E-state index is 6.29. The third-order valence-corrected chi connectivity index (χ3v) is 3.83. The molecule has 1 aromatic carbocycles. The lowest BCUT2D eigenvalue weighted by atomic mass is 10.0. The first kappa shape index (κ1) is 14.3. The predicted octanol–water partition coefficient (Wildman–Crippen LogP) is 3.02. The molecule has 1 N–H and O–H groups in total. The van der Waals surface area contributed by atoms with E-state index in [9.17, 15) is 0 Å². The summed E-state index contributed by atoms with van der Waals surface area (Å²) in [6, 6.07) is 5.75. The molecule has 0 saturated heterocycles. The zero-order chi connectivity index (χ0) is 13.8. The van der Waals surface area contributed by atoms with Gasteiger partial charge in [0.25, 0.3) is 0 Å². The number of rotatable bonds is 5. The molecule has 0 saturated carbocycles. The molecule has 0 radical (unpaired) electrons. The van der Waals surface area contributed by atoms with Crippen molar-refractivity contribution < 1.29 is 0 Å². The van der Waals surface area contributed by atoms with E-state index in [0.29, 0.717) is 16.5 Å². The quantitative estimate of drug-likeness (QED) is 0.923. The Hall–Kier alpha value is -1.10. The fourth-order valence-electron chi connectivity index (χ4n) is 2.02. The van der Waals surface area contributed by atoms with Crippen LogP contribution in [0.25, 0.3) is 0 Å². The van der Waals surface area contributed by atoms with Crippen molar-refractivity contribution in [3.05, 3.63) is 46.0 Å². The molecule has 0 spiro atoms. The normalized spacial score (nSPS) is 12.6. The number of benzene rings is 1. The summed E-state index contributed by atoms with van der Waals surface area (Å²) in [5, 5.41) is 8.65. The Morgan fingerprint density at radius 3 is 2.79 bits per heavy atom. The van der Waals surface area contributed by atoms with Crippen LogP contribution < -0.4 is 5.32 Å². The van der Waals surface area contributed by atoms with Crippen molar-refractivity contribution in [2.24, 2.45) is 7.05 Å². The molecule has 6 heteroatoms. The van der Waals surface area contributed by atoms with E-state index in [-0.39, 0.29) is 6.04 Å². The SMILES string of the molecule is CCNC(Cc1ncnn1C)c1cccc(Cl)c1Cl. The Kier molecular flexibility index (Phi) is 4.80. The second-order valence-electron chi connectivity index (χ2n) is 4.26. The molecule has 2 aromatic rings. The van der Waals surface area contributed by atoms with Crippen molar-refractivity contribution in [2.75, 3.05) is 6.54 Å². The van der Waals surface area contributed by atoms with Gasteiger partial charge in [-0.05, 0) is 18.2 Å². The first-order chi connectivity index (χ1) is 9.13. The lowest BCUT2D eigenvalue weighted by Crippen LogP contribution is -2.24. The zero-order valence-corrected chi connectivity index (χ0v) is 12.4. The smallest absolute Gasteiger partial charge is 0.138 e. The second-order valence-corrected chi connectivity index (χ2v) is 5.04. The fourth-order valence-corrected chi connectivity index (χ4v) is 2.46. The van der Waals surface area contributed by atoms with Crippen LogP contribution >= 0.6 is 23.2 Å². The number of aryl methyl sites for hydroxylation is 1. The zero-order valence-electron chi connectivity index (χ0n) is 10.9. The van der Waals surface area contributed by atoms with Crippen LogP contribution in [0, 0.1) is 0 Å². The number of hydrogen-bond donors (Lipinski definition) is 1. The van der Waals surface area contributed by atoms with Gasteiger partial charge in [-0.15, -0.1) is 0 Å². The highest BCUT2D eigenvalue weighted by molar-refractivity contribution is 6.42. The predicted molar refractivity (Wildman–Crippen MR) is 77.6 cm³/mol. The van der Waals surface area contributed by atoms with Crippen LogP contribution in [0.2, 0.25) is 10.0 Å². The van der Waals surface area contributed by atoms with E-state index in [1.807, 2.05) is 19.2 Å². The number of nitrogens with one attached hydrogen (secondary N) is 1. The standard InChI is InChI=1S/C13H16Cl2N4/c1-3-16-11(7-12-17-8-18-19(12)2)9-5-4-6-10(14)13(9)15/h4-6,8,11,16H,3,7H2,1-2H3. The van der Waals surface area contributed by atoms with Crippen LogP contribution in [0.4, 0.5) is 0 Å². The van der Waals surface area contributed by atoms with E-state index < -0.39 is 0 Å². The number of hydrogen-bond acceptors (Lipinski definition) is 3. The minimum Gasteiger partial charge on any atom is -0.310 e. The Labute approximate surface area is 122 Å². The third kappa shape index (κ3) is 3.26. The minimum absolute atomic E-state index is 0.0686. The molecule has 102 valence electrons. The topological polar surface area (TPSA) is 42.7 Å². The summed E-state index contributed by atoms with van der Waals surface area (Å²) >= 11 is 12.4. The van der Waals surface area contributed by atoms with Crippen LogP contribution in [0.3, 0.4) is 0 Å². The van der Waals surface area contributed by atoms with Crippen LogP contribution in [0.5, 0.6) is 0 Å². The molecule has 1 aromatic heterocycles. The van der Waals surface area contributed by atoms with Gasteiger partial charge in [-0.2, -0.15) is 5.10 Å². The summed E-state index contributed by atoms with van der Waals surface area (Å²) in [4.78, 5) is 4.25. The lowest BCUT2D eigenvalue weighted by molar-refractivity contribution is 0.522. The largest absolute Gasteiger partial charge is 0.310 e. The Morgan fingerprint density at radius 2 is 2.16 bits per heavy atom. The summed E-state index contributed by atoms with van der Waals surface area (Å²) in [5.41, 5.74) is 0.985.